The number of hydrogen-bond acceptors (Lipinski definition) is 8. The molecule has 0 atom stereocenters. The third-order valence-corrected chi connectivity index (χ3v) is 10.2. The van der Waals surface area contributed by atoms with E-state index in [-0.39, 0.29) is 11.5 Å². The minimum absolute atomic E-state index is 0.123. The van der Waals surface area contributed by atoms with Gasteiger partial charge in [-0.2, -0.15) is 9.29 Å². The molecule has 2 saturated heterocycles. The van der Waals surface area contributed by atoms with Crippen molar-refractivity contribution in [3.05, 3.63) is 39.4 Å². The van der Waals surface area contributed by atoms with Crippen LogP contribution < -0.4 is 25.2 Å². The molecule has 0 aliphatic carbocycles. The molecule has 39 heavy (non-hydrogen) atoms. The van der Waals surface area contributed by atoms with E-state index >= 15 is 4.39 Å². The fourth-order valence-electron chi connectivity index (χ4n) is 6.64. The van der Waals surface area contributed by atoms with Gasteiger partial charge in [0, 0.05) is 71.2 Å². The van der Waals surface area contributed by atoms with Gasteiger partial charge in [0.25, 0.3) is 5.56 Å². The molecule has 1 N–H and O–H groups in total. The number of H-pyrrole nitrogens is 1. The van der Waals surface area contributed by atoms with E-state index in [2.05, 4.69) is 4.98 Å². The van der Waals surface area contributed by atoms with Gasteiger partial charge in [0.2, 0.25) is 21.9 Å². The number of amides is 1. The Morgan fingerprint density at radius 3 is 2.33 bits per heavy atom. The third-order valence-electron chi connectivity index (χ3n) is 8.86. The van der Waals surface area contributed by atoms with Crippen molar-refractivity contribution in [3.63, 3.8) is 0 Å². The van der Waals surface area contributed by atoms with Crippen molar-refractivity contribution < 1.29 is 17.6 Å². The third kappa shape index (κ3) is 4.17. The Morgan fingerprint density at radius 1 is 0.974 bits per heavy atom. The lowest BCUT2D eigenvalue weighted by Gasteiger charge is -2.39. The smallest absolute Gasteiger partial charge is 0.257 e. The van der Waals surface area contributed by atoms with Crippen LogP contribution in [0.1, 0.15) is 30.4 Å². The number of piperidine rings is 1. The summed E-state index contributed by atoms with van der Waals surface area (Å²) in [6.07, 6.45) is 3.63. The second kappa shape index (κ2) is 9.19. The van der Waals surface area contributed by atoms with Crippen molar-refractivity contribution in [3.8, 4) is 0 Å². The van der Waals surface area contributed by atoms with Gasteiger partial charge in [-0.25, -0.2) is 12.8 Å². The summed E-state index contributed by atoms with van der Waals surface area (Å²) in [5.74, 6) is 0.659. The normalized spacial score (nSPS) is 21.5. The first-order valence-corrected chi connectivity index (χ1v) is 15.3. The fourth-order valence-corrected chi connectivity index (χ4v) is 7.47. The Bertz CT molecular complexity index is 1490. The van der Waals surface area contributed by atoms with Crippen LogP contribution in [0.15, 0.2) is 16.9 Å². The molecule has 13 heteroatoms. The molecule has 5 heterocycles. The molecule has 1 amide bonds. The highest BCUT2D eigenvalue weighted by Crippen LogP contribution is 2.50. The van der Waals surface area contributed by atoms with E-state index in [1.54, 1.807) is 11.9 Å². The van der Waals surface area contributed by atoms with Crippen molar-refractivity contribution >= 4 is 39.1 Å². The van der Waals surface area contributed by atoms with Gasteiger partial charge in [0.1, 0.15) is 11.6 Å². The predicted octanol–water partition coefficient (Wildman–Crippen LogP) is 0.888. The largest absolute Gasteiger partial charge is 0.369 e. The molecule has 0 unspecified atom stereocenters. The molecule has 2 aromatic rings. The van der Waals surface area contributed by atoms with Crippen LogP contribution in [-0.2, 0) is 26.7 Å². The number of benzene rings is 1. The summed E-state index contributed by atoms with van der Waals surface area (Å²) in [4.78, 5) is 41.6. The zero-order chi connectivity index (χ0) is 27.7. The number of sulfonamides is 1. The number of halogens is 1. The number of rotatable bonds is 3. The van der Waals surface area contributed by atoms with Crippen LogP contribution in [0.4, 0.5) is 27.5 Å². The monoisotopic (exact) mass is 559 g/mol. The molecule has 1 spiro atoms. The van der Waals surface area contributed by atoms with Gasteiger partial charge < -0.3 is 19.6 Å². The van der Waals surface area contributed by atoms with Crippen LogP contribution in [0.25, 0.3) is 0 Å². The maximum absolute atomic E-state index is 15.9. The minimum Gasteiger partial charge on any atom is -0.369 e. The SMILES string of the molecule is CN1CCCc2c1nc(N1CCC3(CC1)C(=O)N(C)c1cc(N4CCN(S(C)(=O)=O)CC4)cc(F)c13)[nH]c2=O. The van der Waals surface area contributed by atoms with Crippen LogP contribution in [-0.4, -0.2) is 94.8 Å². The summed E-state index contributed by atoms with van der Waals surface area (Å²) < 4.78 is 41.0. The number of nitrogens with zero attached hydrogens (tertiary/aromatic N) is 6. The summed E-state index contributed by atoms with van der Waals surface area (Å²) in [6, 6.07) is 3.33. The standard InChI is InChI=1S/C26H34FN7O4S/c1-30-8-4-5-18-22(30)28-25(29-23(18)35)33-9-6-26(7-10-33)21-19(27)15-17(16-20(21)31(2)24(26)36)32-11-13-34(14-12-32)39(3,37)38/h15-16H,4-14H2,1-3H3,(H,28,29,35). The van der Waals surface area contributed by atoms with Crippen molar-refractivity contribution in [2.24, 2.45) is 0 Å². The topological polar surface area (TPSA) is 113 Å². The second-order valence-electron chi connectivity index (χ2n) is 11.1. The van der Waals surface area contributed by atoms with Crippen LogP contribution >= 0.6 is 0 Å². The highest BCUT2D eigenvalue weighted by Gasteiger charge is 2.53. The van der Waals surface area contributed by atoms with E-state index < -0.39 is 21.3 Å². The van der Waals surface area contributed by atoms with Crippen LogP contribution in [0.2, 0.25) is 0 Å². The minimum atomic E-state index is -3.27. The van der Waals surface area contributed by atoms with Crippen LogP contribution in [0.5, 0.6) is 0 Å². The Hall–Kier alpha value is -3.19. The van der Waals surface area contributed by atoms with Crippen molar-refractivity contribution in [2.45, 2.75) is 31.1 Å². The molecular weight excluding hydrogens is 525 g/mol. The van der Waals surface area contributed by atoms with E-state index in [0.717, 1.165) is 13.0 Å². The maximum Gasteiger partial charge on any atom is 0.257 e. The van der Waals surface area contributed by atoms with E-state index in [9.17, 15) is 18.0 Å². The first-order chi connectivity index (χ1) is 18.5. The van der Waals surface area contributed by atoms with Crippen LogP contribution in [0, 0.1) is 5.82 Å². The zero-order valence-corrected chi connectivity index (χ0v) is 23.4. The quantitative estimate of drug-likeness (QED) is 0.590. The molecule has 2 fully saturated rings. The number of nitrogens with one attached hydrogen (secondary N) is 1. The zero-order valence-electron chi connectivity index (χ0n) is 22.5. The van der Waals surface area contributed by atoms with Gasteiger partial charge >= 0.3 is 0 Å². The van der Waals surface area contributed by atoms with Crippen molar-refractivity contribution in [1.82, 2.24) is 14.3 Å². The Balaban J connectivity index is 1.25. The Morgan fingerprint density at radius 2 is 1.67 bits per heavy atom. The Labute approximate surface area is 227 Å². The first kappa shape index (κ1) is 26.1. The van der Waals surface area contributed by atoms with Gasteiger partial charge in [-0.3, -0.25) is 14.6 Å². The molecule has 6 rings (SSSR count). The van der Waals surface area contributed by atoms with E-state index in [1.165, 1.54) is 16.6 Å². The molecular formula is C26H34FN7O4S. The summed E-state index contributed by atoms with van der Waals surface area (Å²) >= 11 is 0. The number of carbonyl (C=O) groups excluding carboxylic acids is 1. The lowest BCUT2D eigenvalue weighted by molar-refractivity contribution is -0.123. The fraction of sp³-hybridized carbons (Fsp3) is 0.577. The molecule has 0 saturated carbocycles. The lowest BCUT2D eigenvalue weighted by Crippen LogP contribution is -2.49. The highest BCUT2D eigenvalue weighted by atomic mass is 32.2. The Kier molecular flexibility index (Phi) is 6.14. The number of carbonyl (C=O) groups is 1. The summed E-state index contributed by atoms with van der Waals surface area (Å²) in [5, 5.41) is 0. The van der Waals surface area contributed by atoms with Gasteiger partial charge in [-0.15, -0.1) is 0 Å². The highest BCUT2D eigenvalue weighted by molar-refractivity contribution is 7.88. The molecule has 0 bridgehead atoms. The van der Waals surface area contributed by atoms with Crippen molar-refractivity contribution in [2.75, 3.05) is 85.8 Å². The number of aromatic amines is 1. The number of fused-ring (bicyclic) bond motifs is 3. The van der Waals surface area contributed by atoms with Crippen molar-refractivity contribution in [1.29, 1.82) is 0 Å². The second-order valence-corrected chi connectivity index (χ2v) is 13.1. The number of anilines is 4. The van der Waals surface area contributed by atoms with Crippen LogP contribution in [0.3, 0.4) is 0 Å². The maximum atomic E-state index is 15.9. The molecule has 1 aromatic heterocycles. The average molecular weight is 560 g/mol. The average Bonchev–Trinajstić information content (AvgIpc) is 3.11. The molecule has 11 nitrogen and oxygen atoms in total. The number of aromatic nitrogens is 2. The van der Waals surface area contributed by atoms with Gasteiger partial charge in [-0.1, -0.05) is 0 Å². The van der Waals surface area contributed by atoms with E-state index in [0.29, 0.717) is 92.8 Å². The van der Waals surface area contributed by atoms with Gasteiger partial charge in [0.15, 0.2) is 0 Å². The first-order valence-electron chi connectivity index (χ1n) is 13.4. The molecule has 1 aromatic carbocycles. The molecule has 0 radical (unpaired) electrons. The van der Waals surface area contributed by atoms with E-state index in [4.69, 9.17) is 4.98 Å². The molecule has 4 aliphatic heterocycles. The summed E-state index contributed by atoms with van der Waals surface area (Å²) in [7, 11) is 0.353. The van der Waals surface area contributed by atoms with Gasteiger partial charge in [0.05, 0.1) is 22.9 Å². The molecule has 210 valence electrons. The number of piperazine rings is 1. The predicted molar refractivity (Wildman–Crippen MR) is 148 cm³/mol. The number of hydrogen-bond donors (Lipinski definition) is 1. The summed E-state index contributed by atoms with van der Waals surface area (Å²) in [6.45, 7) is 3.33. The lowest BCUT2D eigenvalue weighted by atomic mass is 9.73. The van der Waals surface area contributed by atoms with E-state index in [1.807, 2.05) is 27.8 Å². The summed E-state index contributed by atoms with van der Waals surface area (Å²) in [5.41, 5.74) is 1.26. The molecule has 4 aliphatic rings. The number of likely N-dealkylation sites (N-methyl/N-ethyl adjacent to an activating group) is 1. The van der Waals surface area contributed by atoms with Gasteiger partial charge in [-0.05, 0) is 37.8 Å².